The monoisotopic (exact) mass is 707 g/mol. The number of Topliss-reactive ketones (excluding diaryl/α,β-unsaturated/α-hetero) is 2. The first-order valence-electron chi connectivity index (χ1n) is 21.0. The van der Waals surface area contributed by atoms with Gasteiger partial charge in [-0.15, -0.1) is 0 Å². The van der Waals surface area contributed by atoms with E-state index < -0.39 is 5.97 Å². The van der Waals surface area contributed by atoms with Gasteiger partial charge in [-0.2, -0.15) is 0 Å². The van der Waals surface area contributed by atoms with Gasteiger partial charge in [-0.25, -0.2) is 0 Å². The Hall–Kier alpha value is -2.02. The summed E-state index contributed by atoms with van der Waals surface area (Å²) in [6.45, 7) is 18.8. The van der Waals surface area contributed by atoms with Crippen LogP contribution in [0.15, 0.2) is 11.1 Å². The molecular formula is C44H70N2O5. The largest absolute Gasteiger partial charge is 0.481 e. The van der Waals surface area contributed by atoms with Crippen molar-refractivity contribution in [2.45, 2.75) is 145 Å². The molecule has 1 saturated heterocycles. The number of fused-ring (bicyclic) bond motifs is 7. The lowest BCUT2D eigenvalue weighted by Crippen LogP contribution is -2.62. The number of amides is 1. The molecule has 7 aliphatic rings. The molecule has 0 aromatic heterocycles. The molecule has 11 atom stereocenters. The van der Waals surface area contributed by atoms with E-state index >= 15 is 0 Å². The predicted molar refractivity (Wildman–Crippen MR) is 202 cm³/mol. The van der Waals surface area contributed by atoms with Crippen LogP contribution in [-0.2, 0) is 19.2 Å². The van der Waals surface area contributed by atoms with Crippen LogP contribution in [0, 0.1) is 74.9 Å². The molecule has 0 bridgehead atoms. The summed E-state index contributed by atoms with van der Waals surface area (Å²) in [6, 6.07) is 0. The van der Waals surface area contributed by atoms with E-state index in [1.807, 2.05) is 6.92 Å². The predicted octanol–water partition coefficient (Wildman–Crippen LogP) is 8.41. The van der Waals surface area contributed by atoms with Gasteiger partial charge in [0.1, 0.15) is 5.78 Å². The summed E-state index contributed by atoms with van der Waals surface area (Å²) in [5, 5.41) is 15.6. The molecule has 286 valence electrons. The van der Waals surface area contributed by atoms with E-state index in [1.165, 1.54) is 57.2 Å². The fourth-order valence-electron chi connectivity index (χ4n) is 14.2. The molecule has 1 aliphatic heterocycles. The first-order chi connectivity index (χ1) is 24.0. The van der Waals surface area contributed by atoms with Gasteiger partial charge >= 0.3 is 5.97 Å². The first-order valence-corrected chi connectivity index (χ1v) is 21.0. The fraction of sp³-hybridized carbons (Fsp3) is 0.864. The minimum atomic E-state index is -0.758. The van der Waals surface area contributed by atoms with Crippen molar-refractivity contribution in [1.29, 1.82) is 0 Å². The molecule has 0 radical (unpaired) electrons. The van der Waals surface area contributed by atoms with Gasteiger partial charge in [0, 0.05) is 37.6 Å². The van der Waals surface area contributed by atoms with Crippen molar-refractivity contribution in [2.24, 2.45) is 74.9 Å². The molecule has 1 heterocycles. The molecule has 7 heteroatoms. The number of piperidine rings is 1. The van der Waals surface area contributed by atoms with Gasteiger partial charge in [0.2, 0.25) is 5.91 Å². The van der Waals surface area contributed by atoms with Crippen LogP contribution < -0.4 is 10.6 Å². The second-order valence-corrected chi connectivity index (χ2v) is 19.9. The molecule has 0 aromatic rings. The molecule has 6 fully saturated rings. The van der Waals surface area contributed by atoms with Crippen molar-refractivity contribution in [3.63, 3.8) is 0 Å². The SMILES string of the molecule is C1CCNCC1.CNC(=O)CC12CCC3C(CCC4C3(C)CCC3C(C)(C)C(CC(=O)C5CC(C(=O)O)C5C)CCC34C)C1=C(C(C)C)C(=O)C2. The van der Waals surface area contributed by atoms with Crippen LogP contribution in [0.4, 0.5) is 0 Å². The first kappa shape index (κ1) is 38.7. The van der Waals surface area contributed by atoms with E-state index in [-0.39, 0.29) is 57.0 Å². The van der Waals surface area contributed by atoms with Crippen molar-refractivity contribution in [1.82, 2.24) is 10.6 Å². The zero-order valence-electron chi connectivity index (χ0n) is 33.3. The number of carbonyl (C=O) groups is 4. The minimum Gasteiger partial charge on any atom is -0.481 e. The summed E-state index contributed by atoms with van der Waals surface area (Å²) in [4.78, 5) is 51.4. The fourth-order valence-corrected chi connectivity index (χ4v) is 14.2. The van der Waals surface area contributed by atoms with Gasteiger partial charge in [-0.1, -0.05) is 60.5 Å². The summed E-state index contributed by atoms with van der Waals surface area (Å²) < 4.78 is 0. The molecule has 0 spiro atoms. The molecule has 7 rings (SSSR count). The van der Waals surface area contributed by atoms with E-state index in [4.69, 9.17) is 0 Å². The highest BCUT2D eigenvalue weighted by Crippen LogP contribution is 2.74. The highest BCUT2D eigenvalue weighted by Gasteiger charge is 2.66. The maximum absolute atomic E-state index is 13.6. The van der Waals surface area contributed by atoms with Crippen LogP contribution in [-0.4, -0.2) is 48.7 Å². The van der Waals surface area contributed by atoms with Gasteiger partial charge in [0.25, 0.3) is 0 Å². The van der Waals surface area contributed by atoms with Crippen LogP contribution in [0.5, 0.6) is 0 Å². The Balaban J connectivity index is 0.000000677. The number of ketones is 2. The van der Waals surface area contributed by atoms with Crippen molar-refractivity contribution in [3.8, 4) is 0 Å². The average molecular weight is 707 g/mol. The highest BCUT2D eigenvalue weighted by atomic mass is 16.4. The summed E-state index contributed by atoms with van der Waals surface area (Å²) in [5.74, 6) is 2.05. The Morgan fingerprint density at radius 3 is 2.14 bits per heavy atom. The third-order valence-corrected chi connectivity index (χ3v) is 16.9. The Labute approximate surface area is 308 Å². The zero-order valence-corrected chi connectivity index (χ0v) is 33.3. The number of aliphatic carboxylic acids is 1. The van der Waals surface area contributed by atoms with Gasteiger partial charge < -0.3 is 15.7 Å². The summed E-state index contributed by atoms with van der Waals surface area (Å²) in [6.07, 6.45) is 15.2. The number of carbonyl (C=O) groups excluding carboxylic acids is 3. The van der Waals surface area contributed by atoms with E-state index in [9.17, 15) is 24.3 Å². The maximum atomic E-state index is 13.6. The molecule has 5 saturated carbocycles. The van der Waals surface area contributed by atoms with Crippen LogP contribution in [0.3, 0.4) is 0 Å². The molecule has 3 N–H and O–H groups in total. The quantitative estimate of drug-likeness (QED) is 0.245. The number of hydrogen-bond donors (Lipinski definition) is 3. The van der Waals surface area contributed by atoms with Crippen molar-refractivity contribution < 1.29 is 24.3 Å². The molecule has 11 unspecified atom stereocenters. The Morgan fingerprint density at radius 2 is 1.57 bits per heavy atom. The summed E-state index contributed by atoms with van der Waals surface area (Å²) >= 11 is 0. The lowest BCUT2D eigenvalue weighted by molar-refractivity contribution is -0.193. The molecular weight excluding hydrogens is 636 g/mol. The zero-order chi connectivity index (χ0) is 37.1. The standard InChI is InChI=1S/C39H59NO5.C5H11N/c1-21(2)33-29(42)19-39(20-32(43)40-8)16-12-27-24(34(33)39)9-10-31-37(27,6)15-13-30-36(4,5)23(11-14-38(30,31)7)17-28(41)25-18-26(22(25)3)35(44)45;1-2-4-6-5-3-1/h21-27,30-31H,9-20H2,1-8H3,(H,40,43)(H,44,45);6H,1-5H2. The van der Waals surface area contributed by atoms with Crippen LogP contribution >= 0.6 is 0 Å². The third-order valence-electron chi connectivity index (χ3n) is 16.9. The molecule has 1 amide bonds. The molecule has 0 aromatic carbocycles. The average Bonchev–Trinajstić information content (AvgIpc) is 3.37. The van der Waals surface area contributed by atoms with E-state index in [0.29, 0.717) is 61.1 Å². The highest BCUT2D eigenvalue weighted by molar-refractivity contribution is 6.01. The number of carboxylic acid groups (broad SMARTS) is 1. The molecule has 7 nitrogen and oxygen atoms in total. The number of allylic oxidation sites excluding steroid dienone is 2. The third kappa shape index (κ3) is 6.49. The number of rotatable bonds is 7. The van der Waals surface area contributed by atoms with E-state index in [2.05, 4.69) is 52.2 Å². The second kappa shape index (κ2) is 14.3. The number of carboxylic acids is 1. The van der Waals surface area contributed by atoms with Crippen LogP contribution in [0.1, 0.15) is 145 Å². The van der Waals surface area contributed by atoms with Crippen molar-refractivity contribution >= 4 is 23.4 Å². The van der Waals surface area contributed by atoms with Crippen molar-refractivity contribution in [3.05, 3.63) is 11.1 Å². The smallest absolute Gasteiger partial charge is 0.306 e. The Morgan fingerprint density at radius 1 is 0.882 bits per heavy atom. The minimum absolute atomic E-state index is 0.0513. The lowest BCUT2D eigenvalue weighted by Gasteiger charge is -2.69. The number of nitrogens with one attached hydrogen (secondary N) is 2. The lowest BCUT2D eigenvalue weighted by atomic mass is 9.35. The number of hydrogen-bond acceptors (Lipinski definition) is 5. The topological polar surface area (TPSA) is 113 Å². The van der Waals surface area contributed by atoms with Gasteiger partial charge in [-0.3, -0.25) is 19.2 Å². The normalized spacial score (nSPS) is 42.6. The summed E-state index contributed by atoms with van der Waals surface area (Å²) in [5.41, 5.74) is 2.62. The van der Waals surface area contributed by atoms with Gasteiger partial charge in [0.15, 0.2) is 5.78 Å². The van der Waals surface area contributed by atoms with Crippen molar-refractivity contribution in [2.75, 3.05) is 20.1 Å². The van der Waals surface area contributed by atoms with Crippen LogP contribution in [0.25, 0.3) is 0 Å². The Kier molecular flexibility index (Phi) is 10.9. The van der Waals surface area contributed by atoms with Crippen LogP contribution in [0.2, 0.25) is 0 Å². The summed E-state index contributed by atoms with van der Waals surface area (Å²) in [7, 11) is 1.72. The van der Waals surface area contributed by atoms with E-state index in [0.717, 1.165) is 37.7 Å². The maximum Gasteiger partial charge on any atom is 0.306 e. The molecule has 6 aliphatic carbocycles. The van der Waals surface area contributed by atoms with E-state index in [1.54, 1.807) is 7.05 Å². The van der Waals surface area contributed by atoms with Gasteiger partial charge in [0.05, 0.1) is 5.92 Å². The van der Waals surface area contributed by atoms with Gasteiger partial charge in [-0.05, 0) is 147 Å². The Bertz CT molecular complexity index is 1400. The molecule has 51 heavy (non-hydrogen) atoms. The second-order valence-electron chi connectivity index (χ2n) is 19.9.